The van der Waals surface area contributed by atoms with Crippen molar-refractivity contribution >= 4 is 27.6 Å². The molecule has 2 aliphatic rings. The summed E-state index contributed by atoms with van der Waals surface area (Å²) >= 11 is 0. The molecule has 1 aromatic carbocycles. The second kappa shape index (κ2) is 7.60. The summed E-state index contributed by atoms with van der Waals surface area (Å²) < 4.78 is 53.0. The second-order valence-corrected chi connectivity index (χ2v) is 8.65. The highest BCUT2D eigenvalue weighted by molar-refractivity contribution is 7.90. The van der Waals surface area contributed by atoms with Gasteiger partial charge < -0.3 is 10.6 Å². The molecule has 1 fully saturated rings. The number of fused-ring (bicyclic) bond motifs is 1. The van der Waals surface area contributed by atoms with Gasteiger partial charge in [0, 0.05) is 18.6 Å². The van der Waals surface area contributed by atoms with Gasteiger partial charge in [-0.2, -0.15) is 0 Å². The van der Waals surface area contributed by atoms with Gasteiger partial charge in [0.15, 0.2) is 11.6 Å². The van der Waals surface area contributed by atoms with Gasteiger partial charge in [-0.25, -0.2) is 26.3 Å². The Bertz CT molecular complexity index is 911. The molecule has 0 aromatic heterocycles. The highest BCUT2D eigenvalue weighted by atomic mass is 32.2. The zero-order chi connectivity index (χ0) is 20.6. The maximum Gasteiger partial charge on any atom is 0.336 e. The first-order valence-electron chi connectivity index (χ1n) is 8.72. The lowest BCUT2D eigenvalue weighted by Gasteiger charge is -2.35. The Morgan fingerprint density at radius 1 is 1.39 bits per heavy atom. The number of carbonyl (C=O) groups is 2. The molecule has 3 amide bonds. The largest absolute Gasteiger partial charge is 0.352 e. The van der Waals surface area contributed by atoms with Crippen LogP contribution >= 0.6 is 0 Å². The highest BCUT2D eigenvalue weighted by Crippen LogP contribution is 2.33. The van der Waals surface area contributed by atoms with Crippen LogP contribution in [0, 0.1) is 17.6 Å². The fourth-order valence-electron chi connectivity index (χ4n) is 3.49. The number of rotatable bonds is 4. The Kier molecular flexibility index (Phi) is 5.55. The summed E-state index contributed by atoms with van der Waals surface area (Å²) in [7, 11) is -4.73. The van der Waals surface area contributed by atoms with Crippen molar-refractivity contribution in [2.75, 3.05) is 18.4 Å². The van der Waals surface area contributed by atoms with E-state index in [0.29, 0.717) is 12.6 Å². The monoisotopic (exact) mass is 417 g/mol. The Morgan fingerprint density at radius 2 is 2.11 bits per heavy atom. The number of hydrogen-bond donors (Lipinski definition) is 4. The maximum atomic E-state index is 14.1. The van der Waals surface area contributed by atoms with Crippen LogP contribution in [-0.4, -0.2) is 49.8 Å². The fourth-order valence-corrected chi connectivity index (χ4v) is 4.98. The SMILES string of the molecule is CC1NNCCC1[C@H](C)NC(=O)CN1C(=O)Nc2ccc(F)c(F)c2S1(=O)=O. The number of carbonyl (C=O) groups excluding carboxylic acids is 2. The van der Waals surface area contributed by atoms with Crippen molar-refractivity contribution < 1.29 is 26.8 Å². The average molecular weight is 417 g/mol. The molecule has 0 saturated carbocycles. The number of amides is 3. The van der Waals surface area contributed by atoms with E-state index >= 15 is 0 Å². The Morgan fingerprint density at radius 3 is 2.79 bits per heavy atom. The zero-order valence-corrected chi connectivity index (χ0v) is 16.1. The van der Waals surface area contributed by atoms with Gasteiger partial charge in [-0.05, 0) is 38.3 Å². The van der Waals surface area contributed by atoms with Crippen molar-refractivity contribution in [2.45, 2.75) is 37.2 Å². The molecule has 9 nitrogen and oxygen atoms in total. The van der Waals surface area contributed by atoms with Crippen LogP contribution in [0.25, 0.3) is 0 Å². The standard InChI is InChI=1S/C16H21F2N5O4S/c1-8(10-5-6-19-22-9(10)2)20-13(24)7-23-16(25)21-12-4-3-11(17)14(18)15(12)28(23,26)27/h3-4,8-10,19,22H,5-7H2,1-2H3,(H,20,24)(H,21,25)/t8-,9?,10?/m0/s1. The third-order valence-electron chi connectivity index (χ3n) is 4.96. The van der Waals surface area contributed by atoms with Crippen molar-refractivity contribution in [3.8, 4) is 0 Å². The number of nitrogens with one attached hydrogen (secondary N) is 4. The number of anilines is 1. The molecule has 2 unspecified atom stereocenters. The molecule has 3 atom stereocenters. The number of hydrogen-bond acceptors (Lipinski definition) is 6. The number of halogens is 2. The van der Waals surface area contributed by atoms with E-state index in [1.807, 2.05) is 6.92 Å². The molecule has 12 heteroatoms. The van der Waals surface area contributed by atoms with Gasteiger partial charge in [0.05, 0.1) is 5.69 Å². The Balaban J connectivity index is 1.77. The maximum absolute atomic E-state index is 14.1. The molecule has 0 spiro atoms. The summed E-state index contributed by atoms with van der Waals surface area (Å²) in [4.78, 5) is 23.5. The normalized spacial score (nSPS) is 24.9. The molecule has 1 aromatic rings. The molecule has 4 N–H and O–H groups in total. The van der Waals surface area contributed by atoms with Crippen LogP contribution in [0.3, 0.4) is 0 Å². The third kappa shape index (κ3) is 3.66. The summed E-state index contributed by atoms with van der Waals surface area (Å²) in [5.74, 6) is -3.61. The lowest BCUT2D eigenvalue weighted by Crippen LogP contribution is -2.56. The third-order valence-corrected chi connectivity index (χ3v) is 6.75. The molecule has 28 heavy (non-hydrogen) atoms. The van der Waals surface area contributed by atoms with Gasteiger partial charge in [-0.3, -0.25) is 15.6 Å². The van der Waals surface area contributed by atoms with Crippen LogP contribution in [0.2, 0.25) is 0 Å². The van der Waals surface area contributed by atoms with E-state index in [1.165, 1.54) is 0 Å². The molecular weight excluding hydrogens is 396 g/mol. The first kappa shape index (κ1) is 20.4. The Hall–Kier alpha value is -2.31. The predicted molar refractivity (Wildman–Crippen MR) is 95.6 cm³/mol. The average Bonchev–Trinajstić information content (AvgIpc) is 2.61. The summed E-state index contributed by atoms with van der Waals surface area (Å²) in [6.07, 6.45) is 0.788. The van der Waals surface area contributed by atoms with E-state index in [0.717, 1.165) is 12.5 Å². The first-order valence-corrected chi connectivity index (χ1v) is 10.2. The smallest absolute Gasteiger partial charge is 0.336 e. The minimum Gasteiger partial charge on any atom is -0.352 e. The minimum absolute atomic E-state index is 0.0648. The van der Waals surface area contributed by atoms with E-state index < -0.39 is 45.0 Å². The van der Waals surface area contributed by atoms with Crippen LogP contribution in [0.1, 0.15) is 20.3 Å². The topological polar surface area (TPSA) is 120 Å². The van der Waals surface area contributed by atoms with E-state index in [2.05, 4.69) is 21.5 Å². The highest BCUT2D eigenvalue weighted by Gasteiger charge is 2.41. The molecular formula is C16H21F2N5O4S. The number of benzene rings is 1. The van der Waals surface area contributed by atoms with E-state index in [1.54, 1.807) is 6.92 Å². The van der Waals surface area contributed by atoms with E-state index in [9.17, 15) is 26.8 Å². The van der Waals surface area contributed by atoms with Crippen LogP contribution in [-0.2, 0) is 14.8 Å². The Labute approximate surface area is 160 Å². The molecule has 0 bridgehead atoms. The van der Waals surface area contributed by atoms with Gasteiger partial charge in [-0.1, -0.05) is 0 Å². The van der Waals surface area contributed by atoms with Crippen molar-refractivity contribution in [2.24, 2.45) is 5.92 Å². The molecule has 3 rings (SSSR count). The number of hydrazine groups is 1. The van der Waals surface area contributed by atoms with Crippen LogP contribution in [0.5, 0.6) is 0 Å². The zero-order valence-electron chi connectivity index (χ0n) is 15.3. The molecule has 2 aliphatic heterocycles. The molecule has 1 saturated heterocycles. The number of urea groups is 1. The molecule has 154 valence electrons. The van der Waals surface area contributed by atoms with Gasteiger partial charge >= 0.3 is 6.03 Å². The van der Waals surface area contributed by atoms with Gasteiger partial charge in [0.2, 0.25) is 5.91 Å². The van der Waals surface area contributed by atoms with Gasteiger partial charge in [0.25, 0.3) is 10.0 Å². The van der Waals surface area contributed by atoms with Crippen molar-refractivity contribution in [3.63, 3.8) is 0 Å². The van der Waals surface area contributed by atoms with Gasteiger partial charge in [-0.15, -0.1) is 0 Å². The summed E-state index contributed by atoms with van der Waals surface area (Å²) in [6, 6.07) is 0.318. The van der Waals surface area contributed by atoms with E-state index in [-0.39, 0.29) is 28.0 Å². The van der Waals surface area contributed by atoms with Crippen LogP contribution in [0.4, 0.5) is 19.3 Å². The second-order valence-electron chi connectivity index (χ2n) is 6.85. The minimum atomic E-state index is -4.73. The van der Waals surface area contributed by atoms with Crippen molar-refractivity contribution in [1.82, 2.24) is 20.5 Å². The number of sulfonamides is 1. The first-order chi connectivity index (χ1) is 13.1. The lowest BCUT2D eigenvalue weighted by molar-refractivity contribution is -0.122. The summed E-state index contributed by atoms with van der Waals surface area (Å²) in [6.45, 7) is 3.58. The quantitative estimate of drug-likeness (QED) is 0.567. The predicted octanol–water partition coefficient (Wildman–Crippen LogP) is 0.508. The van der Waals surface area contributed by atoms with Crippen LogP contribution in [0.15, 0.2) is 17.0 Å². The van der Waals surface area contributed by atoms with E-state index in [4.69, 9.17) is 0 Å². The van der Waals surface area contributed by atoms with Crippen molar-refractivity contribution in [3.05, 3.63) is 23.8 Å². The van der Waals surface area contributed by atoms with Gasteiger partial charge in [0.1, 0.15) is 11.4 Å². The summed E-state index contributed by atoms with van der Waals surface area (Å²) in [5, 5.41) is 4.84. The molecule has 0 aliphatic carbocycles. The molecule has 0 radical (unpaired) electrons. The lowest BCUT2D eigenvalue weighted by atomic mass is 9.89. The molecule has 2 heterocycles. The van der Waals surface area contributed by atoms with Crippen molar-refractivity contribution in [1.29, 1.82) is 0 Å². The summed E-state index contributed by atoms with van der Waals surface area (Å²) in [5.41, 5.74) is 5.69. The number of nitrogens with zero attached hydrogens (tertiary/aromatic N) is 1. The fraction of sp³-hybridized carbons (Fsp3) is 0.500. The van der Waals surface area contributed by atoms with Crippen LogP contribution < -0.4 is 21.5 Å².